The Hall–Kier alpha value is -2.75. The molecule has 0 atom stereocenters. The van der Waals surface area contributed by atoms with Gasteiger partial charge in [0.1, 0.15) is 0 Å². The minimum absolute atomic E-state index is 0.195. The number of nitrogens with zero attached hydrogens (tertiary/aromatic N) is 2. The molecular formula is C15H10N2O2. The van der Waals surface area contributed by atoms with E-state index in [9.17, 15) is 4.79 Å². The summed E-state index contributed by atoms with van der Waals surface area (Å²) in [5.41, 5.74) is 0.517. The van der Waals surface area contributed by atoms with Crippen molar-refractivity contribution < 1.29 is 9.53 Å². The molecule has 3 rings (SSSR count). The lowest BCUT2D eigenvalue weighted by Crippen LogP contribution is -2.10. The van der Waals surface area contributed by atoms with E-state index in [2.05, 4.69) is 9.97 Å². The Morgan fingerprint density at radius 1 is 1.00 bits per heavy atom. The Balaban J connectivity index is 1.98. The van der Waals surface area contributed by atoms with Crippen LogP contribution in [0.15, 0.2) is 61.1 Å². The van der Waals surface area contributed by atoms with Crippen molar-refractivity contribution in [3.63, 3.8) is 0 Å². The van der Waals surface area contributed by atoms with Crippen LogP contribution >= 0.6 is 0 Å². The monoisotopic (exact) mass is 250 g/mol. The molecule has 4 heteroatoms. The minimum Gasteiger partial charge on any atom is -0.402 e. The van der Waals surface area contributed by atoms with Gasteiger partial charge in [-0.1, -0.05) is 36.4 Å². The van der Waals surface area contributed by atoms with Gasteiger partial charge in [-0.3, -0.25) is 4.98 Å². The summed E-state index contributed by atoms with van der Waals surface area (Å²) in [6, 6.07) is 13.2. The molecule has 0 saturated carbocycles. The van der Waals surface area contributed by atoms with Crippen molar-refractivity contribution in [3.05, 3.63) is 66.6 Å². The molecule has 0 amide bonds. The van der Waals surface area contributed by atoms with E-state index in [-0.39, 0.29) is 5.88 Å². The van der Waals surface area contributed by atoms with Crippen molar-refractivity contribution >= 4 is 16.7 Å². The molecule has 0 unspecified atom stereocenters. The van der Waals surface area contributed by atoms with Gasteiger partial charge in [0.2, 0.25) is 5.88 Å². The number of esters is 1. The van der Waals surface area contributed by atoms with Crippen molar-refractivity contribution in [1.82, 2.24) is 9.97 Å². The second-order valence-electron chi connectivity index (χ2n) is 3.96. The molecule has 0 aliphatic heterocycles. The van der Waals surface area contributed by atoms with E-state index in [1.807, 2.05) is 36.4 Å². The smallest absolute Gasteiger partial charge is 0.345 e. The number of benzene rings is 2. The van der Waals surface area contributed by atoms with Crippen LogP contribution in [0.2, 0.25) is 0 Å². The highest BCUT2D eigenvalue weighted by atomic mass is 16.5. The van der Waals surface area contributed by atoms with Gasteiger partial charge < -0.3 is 4.74 Å². The Bertz CT molecular complexity index is 721. The van der Waals surface area contributed by atoms with Crippen LogP contribution in [0.4, 0.5) is 0 Å². The van der Waals surface area contributed by atoms with E-state index in [0.29, 0.717) is 5.56 Å². The molecule has 0 aliphatic rings. The maximum absolute atomic E-state index is 12.1. The maximum Gasteiger partial charge on any atom is 0.345 e. The maximum atomic E-state index is 12.1. The fraction of sp³-hybridized carbons (Fsp3) is 0. The molecule has 3 aromatic rings. The van der Waals surface area contributed by atoms with Crippen LogP contribution in [0.25, 0.3) is 10.8 Å². The first-order valence-electron chi connectivity index (χ1n) is 5.80. The molecule has 4 nitrogen and oxygen atoms in total. The van der Waals surface area contributed by atoms with Crippen molar-refractivity contribution in [2.45, 2.75) is 0 Å². The summed E-state index contributed by atoms with van der Waals surface area (Å²) in [4.78, 5) is 19.9. The first kappa shape index (κ1) is 11.3. The third kappa shape index (κ3) is 2.28. The molecular weight excluding hydrogens is 240 g/mol. The van der Waals surface area contributed by atoms with Crippen LogP contribution in [0, 0.1) is 0 Å². The van der Waals surface area contributed by atoms with Crippen molar-refractivity contribution in [1.29, 1.82) is 0 Å². The molecule has 92 valence electrons. The van der Waals surface area contributed by atoms with Crippen LogP contribution in [-0.4, -0.2) is 15.9 Å². The van der Waals surface area contributed by atoms with E-state index >= 15 is 0 Å². The summed E-state index contributed by atoms with van der Waals surface area (Å²) in [6.07, 6.45) is 4.41. The second-order valence-corrected chi connectivity index (χ2v) is 3.96. The van der Waals surface area contributed by atoms with E-state index < -0.39 is 5.97 Å². The van der Waals surface area contributed by atoms with E-state index in [4.69, 9.17) is 4.74 Å². The van der Waals surface area contributed by atoms with Gasteiger partial charge in [-0.25, -0.2) is 9.78 Å². The normalized spacial score (nSPS) is 10.3. The Morgan fingerprint density at radius 2 is 1.84 bits per heavy atom. The zero-order chi connectivity index (χ0) is 13.1. The van der Waals surface area contributed by atoms with Gasteiger partial charge in [-0.2, -0.15) is 0 Å². The quantitative estimate of drug-likeness (QED) is 0.656. The number of fused-ring (bicyclic) bond motifs is 1. The van der Waals surface area contributed by atoms with Crippen molar-refractivity contribution in [2.24, 2.45) is 0 Å². The highest BCUT2D eigenvalue weighted by Gasteiger charge is 2.12. The number of carbonyl (C=O) groups excluding carboxylic acids is 1. The number of ether oxygens (including phenoxy) is 1. The molecule has 2 aromatic carbocycles. The molecule has 0 aliphatic carbocycles. The molecule has 0 N–H and O–H groups in total. The number of hydrogen-bond acceptors (Lipinski definition) is 4. The van der Waals surface area contributed by atoms with Crippen LogP contribution < -0.4 is 4.74 Å². The zero-order valence-corrected chi connectivity index (χ0v) is 9.98. The van der Waals surface area contributed by atoms with E-state index in [1.54, 1.807) is 6.07 Å². The summed E-state index contributed by atoms with van der Waals surface area (Å²) >= 11 is 0. The molecule has 0 radical (unpaired) electrons. The largest absolute Gasteiger partial charge is 0.402 e. The average molecular weight is 250 g/mol. The Labute approximate surface area is 109 Å². The summed E-state index contributed by atoms with van der Waals surface area (Å²) in [6.45, 7) is 0. The molecule has 1 heterocycles. The predicted molar refractivity (Wildman–Crippen MR) is 70.9 cm³/mol. The molecule has 0 fully saturated rings. The van der Waals surface area contributed by atoms with Crippen molar-refractivity contribution in [2.75, 3.05) is 0 Å². The lowest BCUT2D eigenvalue weighted by atomic mass is 10.1. The van der Waals surface area contributed by atoms with Crippen LogP contribution in [-0.2, 0) is 0 Å². The topological polar surface area (TPSA) is 52.1 Å². The average Bonchev–Trinajstić information content (AvgIpc) is 2.47. The number of aromatic nitrogens is 2. The zero-order valence-electron chi connectivity index (χ0n) is 9.98. The fourth-order valence-corrected chi connectivity index (χ4v) is 1.89. The number of carbonyl (C=O) groups is 1. The Kier molecular flexibility index (Phi) is 2.90. The number of rotatable bonds is 2. The minimum atomic E-state index is -0.433. The van der Waals surface area contributed by atoms with Gasteiger partial charge >= 0.3 is 5.97 Å². The third-order valence-electron chi connectivity index (χ3n) is 2.75. The van der Waals surface area contributed by atoms with Gasteiger partial charge in [0.05, 0.1) is 11.8 Å². The third-order valence-corrected chi connectivity index (χ3v) is 2.75. The summed E-state index contributed by atoms with van der Waals surface area (Å²) in [5, 5.41) is 1.86. The van der Waals surface area contributed by atoms with Crippen molar-refractivity contribution in [3.8, 4) is 5.88 Å². The van der Waals surface area contributed by atoms with Gasteiger partial charge in [0.15, 0.2) is 0 Å². The van der Waals surface area contributed by atoms with E-state index in [1.165, 1.54) is 18.6 Å². The highest BCUT2D eigenvalue weighted by Crippen LogP contribution is 2.19. The SMILES string of the molecule is O=C(Oc1cnccn1)c1cccc2ccccc12. The molecule has 1 aromatic heterocycles. The van der Waals surface area contributed by atoms with Crippen LogP contribution in [0.1, 0.15) is 10.4 Å². The molecule has 0 bridgehead atoms. The van der Waals surface area contributed by atoms with Gasteiger partial charge in [0.25, 0.3) is 0 Å². The summed E-state index contributed by atoms with van der Waals surface area (Å²) in [7, 11) is 0. The standard InChI is InChI=1S/C15H10N2O2/c18-15(19-14-10-16-8-9-17-14)13-7-3-5-11-4-1-2-6-12(11)13/h1-10H. The predicted octanol–water partition coefficient (Wildman–Crippen LogP) is 2.85. The molecule has 0 spiro atoms. The Morgan fingerprint density at radius 3 is 2.68 bits per heavy atom. The van der Waals surface area contributed by atoms with E-state index in [0.717, 1.165) is 10.8 Å². The van der Waals surface area contributed by atoms with Crippen LogP contribution in [0.5, 0.6) is 5.88 Å². The van der Waals surface area contributed by atoms with Crippen LogP contribution in [0.3, 0.4) is 0 Å². The lowest BCUT2D eigenvalue weighted by molar-refractivity contribution is 0.0729. The second kappa shape index (κ2) is 4.86. The van der Waals surface area contributed by atoms with Gasteiger partial charge in [-0.15, -0.1) is 0 Å². The molecule has 19 heavy (non-hydrogen) atoms. The highest BCUT2D eigenvalue weighted by molar-refractivity contribution is 6.05. The summed E-state index contributed by atoms with van der Waals surface area (Å²) in [5.74, 6) is -0.238. The number of hydrogen-bond donors (Lipinski definition) is 0. The molecule has 0 saturated heterocycles. The first-order valence-corrected chi connectivity index (χ1v) is 5.80. The lowest BCUT2D eigenvalue weighted by Gasteiger charge is -2.05. The summed E-state index contributed by atoms with van der Waals surface area (Å²) < 4.78 is 5.20. The van der Waals surface area contributed by atoms with Gasteiger partial charge in [-0.05, 0) is 16.8 Å². The van der Waals surface area contributed by atoms with Gasteiger partial charge in [0, 0.05) is 12.4 Å². The first-order chi connectivity index (χ1) is 9.34. The fourth-order valence-electron chi connectivity index (χ4n) is 1.89.